The van der Waals surface area contributed by atoms with E-state index in [1.165, 1.54) is 12.3 Å². The van der Waals surface area contributed by atoms with Crippen molar-refractivity contribution < 1.29 is 14.3 Å². The molecule has 1 aliphatic rings. The molecule has 2 aromatic rings. The maximum Gasteiger partial charge on any atom is 0.336 e. The van der Waals surface area contributed by atoms with Crippen molar-refractivity contribution in [1.29, 1.82) is 0 Å². The number of fused-ring (bicyclic) bond motifs is 1. The van der Waals surface area contributed by atoms with Crippen molar-refractivity contribution in [3.8, 4) is 0 Å². The third-order valence-electron chi connectivity index (χ3n) is 4.61. The van der Waals surface area contributed by atoms with Gasteiger partial charge in [0.05, 0.1) is 17.8 Å². The molecule has 2 heterocycles. The van der Waals surface area contributed by atoms with Crippen LogP contribution in [0.25, 0.3) is 10.9 Å². The van der Waals surface area contributed by atoms with Crippen LogP contribution in [-0.4, -0.2) is 35.8 Å². The van der Waals surface area contributed by atoms with Gasteiger partial charge in [0.2, 0.25) is 0 Å². The average Bonchev–Trinajstić information content (AvgIpc) is 2.54. The van der Waals surface area contributed by atoms with Crippen LogP contribution in [0.2, 0.25) is 0 Å². The van der Waals surface area contributed by atoms with E-state index in [0.717, 1.165) is 31.6 Å². The first kappa shape index (κ1) is 14.8. The fourth-order valence-corrected chi connectivity index (χ4v) is 2.96. The Hall–Kier alpha value is -2.17. The number of carbonyl (C=O) groups is 1. The number of rotatable bonds is 3. The van der Waals surface area contributed by atoms with Gasteiger partial charge in [0, 0.05) is 30.4 Å². The van der Waals surface area contributed by atoms with Crippen LogP contribution < -0.4 is 4.90 Å². The zero-order valence-corrected chi connectivity index (χ0v) is 12.6. The van der Waals surface area contributed by atoms with Gasteiger partial charge in [-0.2, -0.15) is 0 Å². The van der Waals surface area contributed by atoms with E-state index in [1.54, 1.807) is 0 Å². The number of anilines is 1. The Balaban J connectivity index is 1.93. The SMILES string of the molecule is CC1(CF)CCN(c2ccc3nccc(C(=O)O)c3c2)CC1. The highest BCUT2D eigenvalue weighted by Gasteiger charge is 2.30. The summed E-state index contributed by atoms with van der Waals surface area (Å²) < 4.78 is 13.1. The minimum absolute atomic E-state index is 0.221. The lowest BCUT2D eigenvalue weighted by Crippen LogP contribution is -2.39. The van der Waals surface area contributed by atoms with Crippen LogP contribution >= 0.6 is 0 Å². The van der Waals surface area contributed by atoms with E-state index in [-0.39, 0.29) is 17.7 Å². The lowest BCUT2D eigenvalue weighted by atomic mass is 9.81. The zero-order valence-electron chi connectivity index (χ0n) is 12.6. The molecule has 1 fully saturated rings. The topological polar surface area (TPSA) is 53.4 Å². The van der Waals surface area contributed by atoms with Crippen LogP contribution in [0, 0.1) is 5.41 Å². The van der Waals surface area contributed by atoms with E-state index in [1.807, 2.05) is 25.1 Å². The molecule has 0 amide bonds. The highest BCUT2D eigenvalue weighted by atomic mass is 19.1. The van der Waals surface area contributed by atoms with Gasteiger partial charge in [-0.05, 0) is 42.5 Å². The number of halogens is 1. The predicted octanol–water partition coefficient (Wildman–Crippen LogP) is 3.51. The van der Waals surface area contributed by atoms with Gasteiger partial charge < -0.3 is 10.0 Å². The molecule has 0 bridgehead atoms. The molecule has 0 saturated carbocycles. The van der Waals surface area contributed by atoms with Gasteiger partial charge in [0.15, 0.2) is 0 Å². The molecule has 1 aliphatic heterocycles. The van der Waals surface area contributed by atoms with Crippen molar-refractivity contribution in [2.45, 2.75) is 19.8 Å². The van der Waals surface area contributed by atoms with Crippen LogP contribution in [0.15, 0.2) is 30.5 Å². The summed E-state index contributed by atoms with van der Waals surface area (Å²) in [6.07, 6.45) is 3.12. The molecule has 0 unspecified atom stereocenters. The molecular weight excluding hydrogens is 283 g/mol. The minimum atomic E-state index is -0.951. The molecule has 0 atom stereocenters. The van der Waals surface area contributed by atoms with Crippen molar-refractivity contribution in [2.75, 3.05) is 24.7 Å². The highest BCUT2D eigenvalue weighted by Crippen LogP contribution is 2.34. The molecule has 0 radical (unpaired) electrons. The van der Waals surface area contributed by atoms with Gasteiger partial charge in [-0.1, -0.05) is 6.92 Å². The lowest BCUT2D eigenvalue weighted by Gasteiger charge is -2.39. The standard InChI is InChI=1S/C17H19FN2O2/c1-17(11-18)5-8-20(9-6-17)12-2-3-15-14(10-12)13(16(21)22)4-7-19-15/h2-4,7,10H,5-6,8-9,11H2,1H3,(H,21,22). The largest absolute Gasteiger partial charge is 0.478 e. The molecule has 22 heavy (non-hydrogen) atoms. The highest BCUT2D eigenvalue weighted by molar-refractivity contribution is 6.03. The summed E-state index contributed by atoms with van der Waals surface area (Å²) in [5.41, 5.74) is 1.69. The van der Waals surface area contributed by atoms with Gasteiger partial charge in [0.1, 0.15) is 0 Å². The quantitative estimate of drug-likeness (QED) is 0.942. The predicted molar refractivity (Wildman–Crippen MR) is 84.2 cm³/mol. The molecule has 1 aromatic carbocycles. The Morgan fingerprint density at radius 1 is 1.36 bits per heavy atom. The maximum atomic E-state index is 13.1. The first-order valence-electron chi connectivity index (χ1n) is 7.45. The summed E-state index contributed by atoms with van der Waals surface area (Å²) in [5.74, 6) is -0.951. The number of piperidine rings is 1. The number of carboxylic acid groups (broad SMARTS) is 1. The first-order chi connectivity index (χ1) is 10.5. The second-order valence-electron chi connectivity index (χ2n) is 6.30. The normalized spacial score (nSPS) is 17.6. The molecule has 3 rings (SSSR count). The Kier molecular flexibility index (Phi) is 3.72. The number of aromatic nitrogens is 1. The van der Waals surface area contributed by atoms with Gasteiger partial charge >= 0.3 is 5.97 Å². The fourth-order valence-electron chi connectivity index (χ4n) is 2.96. The van der Waals surface area contributed by atoms with Crippen molar-refractivity contribution in [1.82, 2.24) is 4.98 Å². The Labute approximate surface area is 128 Å². The molecule has 1 saturated heterocycles. The van der Waals surface area contributed by atoms with Crippen LogP contribution in [0.1, 0.15) is 30.1 Å². The van der Waals surface area contributed by atoms with Gasteiger partial charge in [-0.15, -0.1) is 0 Å². The summed E-state index contributed by atoms with van der Waals surface area (Å²) in [6.45, 7) is 3.27. The third-order valence-corrected chi connectivity index (χ3v) is 4.61. The smallest absolute Gasteiger partial charge is 0.336 e. The lowest BCUT2D eigenvalue weighted by molar-refractivity contribution is 0.0699. The molecule has 5 heteroatoms. The Bertz CT molecular complexity index is 709. The molecule has 4 nitrogen and oxygen atoms in total. The first-order valence-corrected chi connectivity index (χ1v) is 7.45. The van der Waals surface area contributed by atoms with E-state index in [9.17, 15) is 14.3 Å². The molecule has 1 aromatic heterocycles. The van der Waals surface area contributed by atoms with E-state index in [4.69, 9.17) is 0 Å². The number of hydrogen-bond acceptors (Lipinski definition) is 3. The average molecular weight is 302 g/mol. The molecule has 0 spiro atoms. The number of alkyl halides is 1. The van der Waals surface area contributed by atoms with Crippen molar-refractivity contribution >= 4 is 22.6 Å². The van der Waals surface area contributed by atoms with Crippen LogP contribution in [-0.2, 0) is 0 Å². The zero-order chi connectivity index (χ0) is 15.7. The van der Waals surface area contributed by atoms with Crippen LogP contribution in [0.4, 0.5) is 10.1 Å². The third kappa shape index (κ3) is 2.63. The number of aromatic carboxylic acids is 1. The van der Waals surface area contributed by atoms with Crippen molar-refractivity contribution in [2.24, 2.45) is 5.41 Å². The number of hydrogen-bond donors (Lipinski definition) is 1. The van der Waals surface area contributed by atoms with E-state index in [0.29, 0.717) is 10.9 Å². The second kappa shape index (κ2) is 5.55. The molecular formula is C17H19FN2O2. The number of pyridine rings is 1. The van der Waals surface area contributed by atoms with Gasteiger partial charge in [-0.25, -0.2) is 4.79 Å². The number of benzene rings is 1. The molecule has 116 valence electrons. The van der Waals surface area contributed by atoms with Gasteiger partial charge in [-0.3, -0.25) is 9.37 Å². The minimum Gasteiger partial charge on any atom is -0.478 e. The monoisotopic (exact) mass is 302 g/mol. The van der Waals surface area contributed by atoms with Crippen molar-refractivity contribution in [3.05, 3.63) is 36.0 Å². The van der Waals surface area contributed by atoms with Gasteiger partial charge in [0.25, 0.3) is 0 Å². The summed E-state index contributed by atoms with van der Waals surface area (Å²) in [5, 5.41) is 9.95. The van der Waals surface area contributed by atoms with Crippen LogP contribution in [0.5, 0.6) is 0 Å². The second-order valence-corrected chi connectivity index (χ2v) is 6.30. The number of nitrogens with zero attached hydrogens (tertiary/aromatic N) is 2. The molecule has 1 N–H and O–H groups in total. The van der Waals surface area contributed by atoms with Crippen LogP contribution in [0.3, 0.4) is 0 Å². The Morgan fingerprint density at radius 2 is 2.09 bits per heavy atom. The van der Waals surface area contributed by atoms with Crippen molar-refractivity contribution in [3.63, 3.8) is 0 Å². The molecule has 0 aliphatic carbocycles. The summed E-state index contributed by atoms with van der Waals surface area (Å²) in [4.78, 5) is 17.7. The summed E-state index contributed by atoms with van der Waals surface area (Å²) in [6, 6.07) is 7.20. The number of carboxylic acids is 1. The fraction of sp³-hybridized carbons (Fsp3) is 0.412. The summed E-state index contributed by atoms with van der Waals surface area (Å²) >= 11 is 0. The maximum absolute atomic E-state index is 13.1. The van der Waals surface area contributed by atoms with E-state index >= 15 is 0 Å². The Morgan fingerprint density at radius 3 is 2.73 bits per heavy atom. The van der Waals surface area contributed by atoms with E-state index in [2.05, 4.69) is 9.88 Å². The van der Waals surface area contributed by atoms with E-state index < -0.39 is 5.97 Å². The summed E-state index contributed by atoms with van der Waals surface area (Å²) in [7, 11) is 0.